The number of thioether (sulfide) groups is 1. The molecule has 4 nitrogen and oxygen atoms in total. The van der Waals surface area contributed by atoms with Crippen molar-refractivity contribution in [1.82, 2.24) is 9.97 Å². The lowest BCUT2D eigenvalue weighted by Crippen LogP contribution is -2.12. The molecule has 1 N–H and O–H groups in total. The van der Waals surface area contributed by atoms with Gasteiger partial charge in [-0.05, 0) is 29.8 Å². The number of aromatic nitrogens is 2. The van der Waals surface area contributed by atoms with Gasteiger partial charge in [-0.1, -0.05) is 13.8 Å². The molecule has 0 aliphatic carbocycles. The van der Waals surface area contributed by atoms with Crippen LogP contribution in [0.1, 0.15) is 24.2 Å². The Bertz CT molecular complexity index is 649. The van der Waals surface area contributed by atoms with Gasteiger partial charge in [0.25, 0.3) is 5.91 Å². The van der Waals surface area contributed by atoms with E-state index in [2.05, 4.69) is 15.3 Å². The van der Waals surface area contributed by atoms with Crippen LogP contribution in [0.3, 0.4) is 0 Å². The Balaban J connectivity index is 2.12. The highest BCUT2D eigenvalue weighted by Crippen LogP contribution is 2.26. The number of amides is 1. The highest BCUT2D eigenvalue weighted by Gasteiger charge is 2.11. The van der Waals surface area contributed by atoms with Crippen LogP contribution in [0.25, 0.3) is 0 Å². The van der Waals surface area contributed by atoms with Crippen molar-refractivity contribution in [2.45, 2.75) is 24.0 Å². The van der Waals surface area contributed by atoms with Gasteiger partial charge in [0.05, 0.1) is 18.1 Å². The van der Waals surface area contributed by atoms with Crippen LogP contribution in [-0.4, -0.2) is 21.1 Å². The topological polar surface area (TPSA) is 54.9 Å². The van der Waals surface area contributed by atoms with E-state index in [1.807, 2.05) is 13.8 Å². The van der Waals surface area contributed by atoms with Crippen molar-refractivity contribution >= 4 is 35.0 Å². The summed E-state index contributed by atoms with van der Waals surface area (Å²) in [5.41, 5.74) is 0.626. The average Bonchev–Trinajstić information content (AvgIpc) is 2.43. The summed E-state index contributed by atoms with van der Waals surface area (Å²) in [4.78, 5) is 20.0. The lowest BCUT2D eigenvalue weighted by atomic mass is 10.2. The Morgan fingerprint density at radius 1 is 1.33 bits per heavy atom. The predicted octanol–water partition coefficient (Wildman–Crippen LogP) is 4.02. The van der Waals surface area contributed by atoms with Gasteiger partial charge in [0.15, 0.2) is 0 Å². The molecule has 0 radical (unpaired) electrons. The van der Waals surface area contributed by atoms with Gasteiger partial charge in [-0.15, -0.1) is 11.8 Å². The van der Waals surface area contributed by atoms with E-state index in [-0.39, 0.29) is 16.1 Å². The molecule has 1 heterocycles. The summed E-state index contributed by atoms with van der Waals surface area (Å²) in [6.45, 7) is 3.95. The third kappa shape index (κ3) is 4.41. The van der Waals surface area contributed by atoms with Crippen molar-refractivity contribution in [1.29, 1.82) is 0 Å². The molecule has 1 aromatic carbocycles. The Labute approximate surface area is 131 Å². The molecule has 1 amide bonds. The molecule has 2 rings (SSSR count). The van der Waals surface area contributed by atoms with E-state index >= 15 is 0 Å². The van der Waals surface area contributed by atoms with Crippen LogP contribution < -0.4 is 5.32 Å². The number of hydrogen-bond acceptors (Lipinski definition) is 4. The first-order chi connectivity index (χ1) is 9.95. The normalized spacial score (nSPS) is 10.7. The summed E-state index contributed by atoms with van der Waals surface area (Å²) < 4.78 is 13.9. The number of carbonyl (C=O) groups is 1. The molecular formula is C14H13ClFN3OS. The highest BCUT2D eigenvalue weighted by molar-refractivity contribution is 7.99. The monoisotopic (exact) mass is 325 g/mol. The second-order valence-electron chi connectivity index (χ2n) is 4.51. The Kier molecular flexibility index (Phi) is 5.14. The zero-order valence-electron chi connectivity index (χ0n) is 11.4. The van der Waals surface area contributed by atoms with Crippen molar-refractivity contribution in [2.24, 2.45) is 0 Å². The molecule has 7 heteroatoms. The van der Waals surface area contributed by atoms with Gasteiger partial charge in [-0.3, -0.25) is 4.79 Å². The summed E-state index contributed by atoms with van der Waals surface area (Å²) in [5.74, 6) is -0.838. The number of benzene rings is 1. The first-order valence-electron chi connectivity index (χ1n) is 6.21. The second kappa shape index (κ2) is 6.87. The van der Waals surface area contributed by atoms with E-state index in [4.69, 9.17) is 11.6 Å². The Morgan fingerprint density at radius 3 is 2.57 bits per heavy atom. The third-order valence-corrected chi connectivity index (χ3v) is 3.69. The largest absolute Gasteiger partial charge is 0.319 e. The number of nitrogens with one attached hydrogen (secondary N) is 1. The van der Waals surface area contributed by atoms with Crippen molar-refractivity contribution < 1.29 is 9.18 Å². The summed E-state index contributed by atoms with van der Waals surface area (Å²) in [5, 5.41) is 2.94. The molecule has 0 fully saturated rings. The van der Waals surface area contributed by atoms with E-state index in [0.717, 1.165) is 0 Å². The second-order valence-corrected chi connectivity index (χ2v) is 6.46. The first-order valence-corrected chi connectivity index (χ1v) is 7.46. The molecule has 21 heavy (non-hydrogen) atoms. The standard InChI is InChI=1S/C14H13ClFN3OS/c1-8(2)21-12-4-3-9(5-11(12)16)13(20)19-10-6-17-14(15)18-7-10/h3-8H,1-2H3,(H,19,20). The van der Waals surface area contributed by atoms with E-state index < -0.39 is 11.7 Å². The Hall–Kier alpha value is -1.66. The molecule has 0 unspecified atom stereocenters. The molecule has 2 aromatic rings. The minimum absolute atomic E-state index is 0.0918. The summed E-state index contributed by atoms with van der Waals surface area (Å²) in [6.07, 6.45) is 2.76. The van der Waals surface area contributed by atoms with Gasteiger partial charge in [0, 0.05) is 15.7 Å². The fourth-order valence-corrected chi connectivity index (χ4v) is 2.50. The lowest BCUT2D eigenvalue weighted by molar-refractivity contribution is 0.102. The number of halogens is 2. The summed E-state index contributed by atoms with van der Waals surface area (Å²) >= 11 is 6.97. The highest BCUT2D eigenvalue weighted by atomic mass is 35.5. The first kappa shape index (κ1) is 15.7. The number of anilines is 1. The molecule has 0 bridgehead atoms. The van der Waals surface area contributed by atoms with Crippen molar-refractivity contribution in [3.05, 3.63) is 47.3 Å². The smallest absolute Gasteiger partial charge is 0.255 e. The minimum Gasteiger partial charge on any atom is -0.319 e. The minimum atomic E-state index is -0.430. The van der Waals surface area contributed by atoms with Crippen LogP contribution in [0, 0.1) is 5.82 Å². The maximum absolute atomic E-state index is 13.9. The molecule has 0 aliphatic heterocycles. The molecule has 1 aromatic heterocycles. The van der Waals surface area contributed by atoms with Crippen LogP contribution in [0.5, 0.6) is 0 Å². The maximum atomic E-state index is 13.9. The molecule has 0 atom stereocenters. The zero-order valence-corrected chi connectivity index (χ0v) is 13.0. The Morgan fingerprint density at radius 2 is 2.00 bits per heavy atom. The summed E-state index contributed by atoms with van der Waals surface area (Å²) in [6, 6.07) is 4.41. The molecule has 0 saturated carbocycles. The zero-order chi connectivity index (χ0) is 15.4. The number of hydrogen-bond donors (Lipinski definition) is 1. The molecule has 0 spiro atoms. The van der Waals surface area contributed by atoms with Gasteiger partial charge < -0.3 is 5.32 Å². The predicted molar refractivity (Wildman–Crippen MR) is 82.4 cm³/mol. The van der Waals surface area contributed by atoms with Gasteiger partial charge in [-0.25, -0.2) is 14.4 Å². The molecule has 0 aliphatic rings. The number of carbonyl (C=O) groups excluding carboxylic acids is 1. The quantitative estimate of drug-likeness (QED) is 0.681. The van der Waals surface area contributed by atoms with Gasteiger partial charge in [0.2, 0.25) is 5.28 Å². The van der Waals surface area contributed by atoms with E-state index in [9.17, 15) is 9.18 Å². The van der Waals surface area contributed by atoms with Crippen LogP contribution >= 0.6 is 23.4 Å². The van der Waals surface area contributed by atoms with Crippen LogP contribution in [0.4, 0.5) is 10.1 Å². The van der Waals surface area contributed by atoms with Gasteiger partial charge in [0.1, 0.15) is 5.82 Å². The molecule has 0 saturated heterocycles. The van der Waals surface area contributed by atoms with Crippen LogP contribution in [0.2, 0.25) is 5.28 Å². The van der Waals surface area contributed by atoms with Crippen LogP contribution in [0.15, 0.2) is 35.5 Å². The maximum Gasteiger partial charge on any atom is 0.255 e. The molecular weight excluding hydrogens is 313 g/mol. The lowest BCUT2D eigenvalue weighted by Gasteiger charge is -2.08. The summed E-state index contributed by atoms with van der Waals surface area (Å²) in [7, 11) is 0. The van der Waals surface area contributed by atoms with Crippen molar-refractivity contribution in [2.75, 3.05) is 5.32 Å². The van der Waals surface area contributed by atoms with Gasteiger partial charge >= 0.3 is 0 Å². The average molecular weight is 326 g/mol. The fraction of sp³-hybridized carbons (Fsp3) is 0.214. The van der Waals surface area contributed by atoms with Crippen LogP contribution in [-0.2, 0) is 0 Å². The van der Waals surface area contributed by atoms with E-state index in [1.54, 1.807) is 12.1 Å². The van der Waals surface area contributed by atoms with Gasteiger partial charge in [-0.2, -0.15) is 0 Å². The molecule has 110 valence electrons. The SMILES string of the molecule is CC(C)Sc1ccc(C(=O)Nc2cnc(Cl)nc2)cc1F. The van der Waals surface area contributed by atoms with E-state index in [0.29, 0.717) is 10.6 Å². The van der Waals surface area contributed by atoms with E-state index in [1.165, 1.54) is 30.2 Å². The van der Waals surface area contributed by atoms with Crippen molar-refractivity contribution in [3.63, 3.8) is 0 Å². The number of rotatable bonds is 4. The number of nitrogens with zero attached hydrogens (tertiary/aromatic N) is 2. The fourth-order valence-electron chi connectivity index (χ4n) is 1.57. The van der Waals surface area contributed by atoms with Crippen molar-refractivity contribution in [3.8, 4) is 0 Å². The third-order valence-electron chi connectivity index (χ3n) is 2.43.